The van der Waals surface area contributed by atoms with Gasteiger partial charge in [0.2, 0.25) is 5.88 Å². The Morgan fingerprint density at radius 2 is 1.65 bits per heavy atom. The van der Waals surface area contributed by atoms with Crippen molar-refractivity contribution in [2.45, 2.75) is 0 Å². The van der Waals surface area contributed by atoms with Crippen molar-refractivity contribution in [3.63, 3.8) is 0 Å². The second kappa shape index (κ2) is 5.21. The van der Waals surface area contributed by atoms with Crippen LogP contribution in [-0.4, -0.2) is 27.8 Å². The molecular weight excluding hydrogens is 288 g/mol. The van der Waals surface area contributed by atoms with Gasteiger partial charge in [0.1, 0.15) is 6.33 Å². The predicted octanol–water partition coefficient (Wildman–Crippen LogP) is 3.43. The molecule has 1 aliphatic rings. The molecule has 0 atom stereocenters. The number of para-hydroxylation sites is 1. The first-order valence-corrected chi connectivity index (χ1v) is 7.27. The summed E-state index contributed by atoms with van der Waals surface area (Å²) in [6.45, 7) is 0. The molecule has 0 fully saturated rings. The third-order valence-corrected chi connectivity index (χ3v) is 3.89. The summed E-state index contributed by atoms with van der Waals surface area (Å²) < 4.78 is 0. The Kier molecular flexibility index (Phi) is 3.05. The topological polar surface area (TPSA) is 61.6 Å². The van der Waals surface area contributed by atoms with E-state index in [9.17, 15) is 5.11 Å². The number of hydrogen-bond acceptors (Lipinski definition) is 5. The van der Waals surface area contributed by atoms with E-state index >= 15 is 0 Å². The predicted molar refractivity (Wildman–Crippen MR) is 89.9 cm³/mol. The number of aliphatic imine (C=N–C) groups is 1. The average Bonchev–Trinajstić information content (AvgIpc) is 2.73. The number of hydrogen-bond donors (Lipinski definition) is 1. The first-order valence-electron chi connectivity index (χ1n) is 7.27. The lowest BCUT2D eigenvalue weighted by molar-refractivity contribution is 0.454. The zero-order valence-corrected chi connectivity index (χ0v) is 12.5. The fourth-order valence-corrected chi connectivity index (χ4v) is 2.77. The molecule has 1 aliphatic heterocycles. The highest BCUT2D eigenvalue weighted by molar-refractivity contribution is 6.18. The highest BCUT2D eigenvalue weighted by Crippen LogP contribution is 2.41. The van der Waals surface area contributed by atoms with E-state index in [2.05, 4.69) is 9.97 Å². The van der Waals surface area contributed by atoms with Crippen LogP contribution in [-0.2, 0) is 0 Å². The van der Waals surface area contributed by atoms with Gasteiger partial charge >= 0.3 is 0 Å². The maximum atomic E-state index is 10.2. The zero-order chi connectivity index (χ0) is 15.8. The quantitative estimate of drug-likeness (QED) is 0.748. The van der Waals surface area contributed by atoms with E-state index in [1.165, 1.54) is 6.33 Å². The molecule has 0 unspecified atom stereocenters. The van der Waals surface area contributed by atoms with Gasteiger partial charge in [-0.3, -0.25) is 0 Å². The van der Waals surface area contributed by atoms with Crippen molar-refractivity contribution < 1.29 is 5.11 Å². The van der Waals surface area contributed by atoms with Gasteiger partial charge in [-0.2, -0.15) is 4.98 Å². The standard InChI is InChI=1S/C18H14N4O/c1-22-14-10-6-5-9-13(14)15(12-7-3-2-4-8-12)21-16-17(22)19-11-20-18(16)23/h2-11H,1H3,(H,19,20,23). The fourth-order valence-electron chi connectivity index (χ4n) is 2.77. The number of aromatic hydroxyl groups is 1. The summed E-state index contributed by atoms with van der Waals surface area (Å²) in [5.41, 5.74) is 4.11. The molecule has 5 nitrogen and oxygen atoms in total. The molecule has 23 heavy (non-hydrogen) atoms. The van der Waals surface area contributed by atoms with Gasteiger partial charge in [0.15, 0.2) is 11.5 Å². The lowest BCUT2D eigenvalue weighted by Gasteiger charge is -2.20. The van der Waals surface area contributed by atoms with E-state index in [1.807, 2.05) is 66.5 Å². The van der Waals surface area contributed by atoms with Gasteiger partial charge in [-0.1, -0.05) is 48.5 Å². The molecule has 0 radical (unpaired) electrons. The molecule has 0 saturated carbocycles. The number of fused-ring (bicyclic) bond motifs is 2. The van der Waals surface area contributed by atoms with Crippen molar-refractivity contribution in [3.8, 4) is 5.88 Å². The van der Waals surface area contributed by atoms with Gasteiger partial charge < -0.3 is 10.0 Å². The molecule has 5 heteroatoms. The van der Waals surface area contributed by atoms with Crippen molar-refractivity contribution >= 4 is 22.9 Å². The highest BCUT2D eigenvalue weighted by atomic mass is 16.3. The number of anilines is 2. The van der Waals surface area contributed by atoms with Crippen LogP contribution in [0.25, 0.3) is 0 Å². The van der Waals surface area contributed by atoms with Gasteiger partial charge in [-0.05, 0) is 6.07 Å². The van der Waals surface area contributed by atoms with E-state index in [1.54, 1.807) is 0 Å². The molecule has 1 N–H and O–H groups in total. The van der Waals surface area contributed by atoms with E-state index in [0.717, 1.165) is 22.5 Å². The summed E-state index contributed by atoms with van der Waals surface area (Å²) in [6, 6.07) is 17.9. The molecule has 0 saturated heterocycles. The van der Waals surface area contributed by atoms with Crippen LogP contribution in [0.3, 0.4) is 0 Å². The largest absolute Gasteiger partial charge is 0.492 e. The molecule has 2 heterocycles. The Balaban J connectivity index is 2.07. The summed E-state index contributed by atoms with van der Waals surface area (Å²) in [5, 5.41) is 10.2. The molecular formula is C18H14N4O. The summed E-state index contributed by atoms with van der Waals surface area (Å²) in [7, 11) is 1.91. The second-order valence-electron chi connectivity index (χ2n) is 5.27. The fraction of sp³-hybridized carbons (Fsp3) is 0.0556. The van der Waals surface area contributed by atoms with Crippen LogP contribution in [0.15, 0.2) is 65.9 Å². The summed E-state index contributed by atoms with van der Waals surface area (Å²) in [5.74, 6) is 0.457. The van der Waals surface area contributed by atoms with Crippen LogP contribution in [0.5, 0.6) is 5.88 Å². The number of benzene rings is 2. The number of rotatable bonds is 1. The van der Waals surface area contributed by atoms with Gasteiger partial charge in [-0.25, -0.2) is 9.98 Å². The van der Waals surface area contributed by atoms with E-state index in [0.29, 0.717) is 11.5 Å². The lowest BCUT2D eigenvalue weighted by Crippen LogP contribution is -2.13. The Morgan fingerprint density at radius 3 is 2.48 bits per heavy atom. The van der Waals surface area contributed by atoms with Crippen LogP contribution >= 0.6 is 0 Å². The maximum Gasteiger partial charge on any atom is 0.242 e. The molecule has 3 aromatic rings. The van der Waals surface area contributed by atoms with Crippen molar-refractivity contribution in [1.29, 1.82) is 0 Å². The molecule has 4 rings (SSSR count). The summed E-state index contributed by atoms with van der Waals surface area (Å²) >= 11 is 0. The third kappa shape index (κ3) is 2.14. The van der Waals surface area contributed by atoms with Gasteiger partial charge in [0, 0.05) is 18.2 Å². The molecule has 0 aliphatic carbocycles. The minimum atomic E-state index is -0.122. The first-order chi connectivity index (χ1) is 11.3. The number of nitrogens with zero attached hydrogens (tertiary/aromatic N) is 4. The molecule has 1 aromatic heterocycles. The first kappa shape index (κ1) is 13.5. The second-order valence-corrected chi connectivity index (χ2v) is 5.27. The Hall–Kier alpha value is -3.21. The SMILES string of the molecule is CN1c2ccccc2C(c2ccccc2)=Nc2c(O)ncnc21. The molecule has 0 bridgehead atoms. The van der Waals surface area contributed by atoms with Crippen molar-refractivity contribution in [2.24, 2.45) is 4.99 Å². The highest BCUT2D eigenvalue weighted by Gasteiger charge is 2.24. The molecule has 0 spiro atoms. The molecule has 112 valence electrons. The summed E-state index contributed by atoms with van der Waals surface area (Å²) in [6.07, 6.45) is 1.34. The van der Waals surface area contributed by atoms with Crippen LogP contribution in [0, 0.1) is 0 Å². The van der Waals surface area contributed by atoms with Gasteiger partial charge in [-0.15, -0.1) is 0 Å². The number of aromatic nitrogens is 2. The molecule has 0 amide bonds. The van der Waals surface area contributed by atoms with E-state index in [-0.39, 0.29) is 5.88 Å². The summed E-state index contributed by atoms with van der Waals surface area (Å²) in [4.78, 5) is 14.8. The van der Waals surface area contributed by atoms with E-state index < -0.39 is 0 Å². The maximum absolute atomic E-state index is 10.2. The minimum Gasteiger partial charge on any atom is -0.492 e. The molecule has 2 aromatic carbocycles. The monoisotopic (exact) mass is 302 g/mol. The van der Waals surface area contributed by atoms with Crippen molar-refractivity contribution in [2.75, 3.05) is 11.9 Å². The Morgan fingerprint density at radius 1 is 0.913 bits per heavy atom. The lowest BCUT2D eigenvalue weighted by atomic mass is 10.0. The van der Waals surface area contributed by atoms with Gasteiger partial charge in [0.25, 0.3) is 0 Å². The Bertz CT molecular complexity index is 906. The normalized spacial score (nSPS) is 12.9. The van der Waals surface area contributed by atoms with Gasteiger partial charge in [0.05, 0.1) is 11.4 Å². The Labute approximate surface area is 133 Å². The zero-order valence-electron chi connectivity index (χ0n) is 12.5. The average molecular weight is 302 g/mol. The van der Waals surface area contributed by atoms with Crippen molar-refractivity contribution in [3.05, 3.63) is 72.1 Å². The van der Waals surface area contributed by atoms with Crippen LogP contribution in [0.2, 0.25) is 0 Å². The van der Waals surface area contributed by atoms with Crippen LogP contribution in [0.1, 0.15) is 11.1 Å². The smallest absolute Gasteiger partial charge is 0.242 e. The third-order valence-electron chi connectivity index (χ3n) is 3.89. The van der Waals surface area contributed by atoms with E-state index in [4.69, 9.17) is 4.99 Å². The van der Waals surface area contributed by atoms with Crippen LogP contribution in [0.4, 0.5) is 17.2 Å². The minimum absolute atomic E-state index is 0.122. The van der Waals surface area contributed by atoms with Crippen molar-refractivity contribution in [1.82, 2.24) is 9.97 Å². The van der Waals surface area contributed by atoms with Crippen LogP contribution < -0.4 is 4.90 Å².